The second-order valence-electron chi connectivity index (χ2n) is 22.7. The molecule has 6 heteroatoms. The Kier molecular flexibility index (Phi) is 10.9. The van der Waals surface area contributed by atoms with Gasteiger partial charge >= 0.3 is 0 Å². The van der Waals surface area contributed by atoms with E-state index in [4.69, 9.17) is 9.72 Å². The number of para-hydroxylation sites is 3. The zero-order valence-corrected chi connectivity index (χ0v) is 42.7. The van der Waals surface area contributed by atoms with E-state index in [1.165, 1.54) is 98.9 Å². The predicted octanol–water partition coefficient (Wildman–Crippen LogP) is 16.4. The van der Waals surface area contributed by atoms with Crippen LogP contribution in [0.4, 0.5) is 22.7 Å². The van der Waals surface area contributed by atoms with Crippen LogP contribution in [0.1, 0.15) is 119 Å². The van der Waals surface area contributed by atoms with Crippen LogP contribution in [0.25, 0.3) is 38.8 Å². The molecule has 4 bridgehead atoms. The first-order chi connectivity index (χ1) is 33.8. The SMILES string of the molecule is CC(C)c1cc(C(C)C)c(-c2cc(Oc3ccc4c5ccccc5n(-c5cc(C6(c7ccc(N(C)C)cc7)C7CC8CC(C7)CC6C8)ccn5)c4c3)cc(N3CN(C)c4ccccc43)c2)c(C(C)C)c1. The molecule has 356 valence electrons. The summed E-state index contributed by atoms with van der Waals surface area (Å²) in [6.45, 7) is 14.7. The maximum atomic E-state index is 7.22. The van der Waals surface area contributed by atoms with E-state index in [2.05, 4.69) is 222 Å². The predicted molar refractivity (Wildman–Crippen MR) is 293 cm³/mol. The Hall–Kier alpha value is -6.53. The van der Waals surface area contributed by atoms with Crippen LogP contribution in [-0.4, -0.2) is 37.4 Å². The van der Waals surface area contributed by atoms with Crippen LogP contribution in [0.15, 0.2) is 140 Å². The van der Waals surface area contributed by atoms with Gasteiger partial charge in [-0.15, -0.1) is 0 Å². The topological polar surface area (TPSA) is 36.8 Å². The lowest BCUT2D eigenvalue weighted by molar-refractivity contribution is -0.0418. The average Bonchev–Trinajstić information content (AvgIpc) is 3.87. The number of fused-ring (bicyclic) bond motifs is 4. The molecule has 6 aromatic carbocycles. The second kappa shape index (κ2) is 17.1. The first kappa shape index (κ1) is 44.7. The molecule has 0 saturated heterocycles. The smallest absolute Gasteiger partial charge is 0.137 e. The van der Waals surface area contributed by atoms with Crippen molar-refractivity contribution in [2.24, 2.45) is 23.7 Å². The van der Waals surface area contributed by atoms with Gasteiger partial charge in [0.1, 0.15) is 17.3 Å². The Morgan fingerprint density at radius 1 is 0.600 bits per heavy atom. The third kappa shape index (κ3) is 7.22. The van der Waals surface area contributed by atoms with Crippen LogP contribution in [0.2, 0.25) is 0 Å². The molecule has 3 heterocycles. The van der Waals surface area contributed by atoms with E-state index in [9.17, 15) is 0 Å². The van der Waals surface area contributed by atoms with E-state index < -0.39 is 0 Å². The summed E-state index contributed by atoms with van der Waals surface area (Å²) < 4.78 is 9.62. The molecule has 5 aliphatic rings. The molecule has 4 aliphatic carbocycles. The van der Waals surface area contributed by atoms with Crippen molar-refractivity contribution in [3.63, 3.8) is 0 Å². The molecule has 2 aromatic heterocycles. The molecule has 0 amide bonds. The largest absolute Gasteiger partial charge is 0.457 e. The third-order valence-electron chi connectivity index (χ3n) is 17.2. The molecular formula is C64H69N5O. The standard InChI is InChI=1S/C64H69N5O/c1-39(2)44-33-56(40(3)4)63(57(34-44)41(5)6)45-31-51(68-38-67(9)59-16-12-13-17-60(59)68)36-53(32-45)70-52-22-23-55-54-14-10-11-15-58(54)69(61(55)37-52)62-35-47(24-25-65-62)64(46-18-20-50(21-19-46)66(7)8)48-27-42-26-43(29-48)30-49(64)28-42/h10-25,31-37,39-43,48-49H,26-30,38H2,1-9H3. The minimum atomic E-state index is -0.0453. The van der Waals surface area contributed by atoms with Crippen molar-refractivity contribution < 1.29 is 4.74 Å². The summed E-state index contributed by atoms with van der Waals surface area (Å²) in [6, 6.07) is 50.5. The maximum Gasteiger partial charge on any atom is 0.137 e. The Bertz CT molecular complexity index is 3230. The first-order valence-corrected chi connectivity index (χ1v) is 26.2. The van der Waals surface area contributed by atoms with Crippen molar-refractivity contribution in [3.8, 4) is 28.4 Å². The minimum absolute atomic E-state index is 0.0453. The van der Waals surface area contributed by atoms with Gasteiger partial charge in [-0.05, 0) is 179 Å². The van der Waals surface area contributed by atoms with Crippen molar-refractivity contribution in [1.29, 1.82) is 0 Å². The second-order valence-corrected chi connectivity index (χ2v) is 22.7. The normalized spacial score (nSPS) is 21.5. The van der Waals surface area contributed by atoms with Crippen molar-refractivity contribution in [3.05, 3.63) is 167 Å². The summed E-state index contributed by atoms with van der Waals surface area (Å²) in [5.41, 5.74) is 16.6. The number of pyridine rings is 1. The lowest BCUT2D eigenvalue weighted by Gasteiger charge is -2.62. The number of hydrogen-bond acceptors (Lipinski definition) is 5. The van der Waals surface area contributed by atoms with Crippen molar-refractivity contribution in [2.45, 2.75) is 96.8 Å². The van der Waals surface area contributed by atoms with Gasteiger partial charge in [-0.3, -0.25) is 4.57 Å². The summed E-state index contributed by atoms with van der Waals surface area (Å²) in [5.74, 6) is 6.68. The Labute approximate surface area is 415 Å². The summed E-state index contributed by atoms with van der Waals surface area (Å²) in [6.07, 6.45) is 8.80. The molecule has 70 heavy (non-hydrogen) atoms. The lowest BCUT2D eigenvalue weighted by atomic mass is 9.42. The molecule has 0 unspecified atom stereocenters. The van der Waals surface area contributed by atoms with E-state index in [-0.39, 0.29) is 5.41 Å². The third-order valence-corrected chi connectivity index (χ3v) is 17.2. The molecule has 4 saturated carbocycles. The molecular weight excluding hydrogens is 855 g/mol. The van der Waals surface area contributed by atoms with Crippen LogP contribution in [0, 0.1) is 23.7 Å². The highest BCUT2D eigenvalue weighted by Crippen LogP contribution is 2.65. The van der Waals surface area contributed by atoms with Crippen LogP contribution >= 0.6 is 0 Å². The molecule has 0 radical (unpaired) electrons. The van der Waals surface area contributed by atoms with E-state index >= 15 is 0 Å². The zero-order valence-electron chi connectivity index (χ0n) is 42.7. The summed E-state index contributed by atoms with van der Waals surface area (Å²) in [7, 11) is 6.47. The molecule has 0 N–H and O–H groups in total. The first-order valence-electron chi connectivity index (χ1n) is 26.2. The molecule has 1 aliphatic heterocycles. The highest BCUT2D eigenvalue weighted by atomic mass is 16.5. The summed E-state index contributed by atoms with van der Waals surface area (Å²) in [4.78, 5) is 12.3. The quantitative estimate of drug-likeness (QED) is 0.129. The summed E-state index contributed by atoms with van der Waals surface area (Å²) >= 11 is 0. The average molecular weight is 924 g/mol. The van der Waals surface area contributed by atoms with E-state index in [1.807, 2.05) is 0 Å². The molecule has 0 spiro atoms. The van der Waals surface area contributed by atoms with E-state index in [1.54, 1.807) is 0 Å². The molecule has 13 rings (SSSR count). The van der Waals surface area contributed by atoms with Gasteiger partial charge in [-0.2, -0.15) is 0 Å². The number of aromatic nitrogens is 2. The van der Waals surface area contributed by atoms with Gasteiger partial charge in [0.05, 0.1) is 29.1 Å². The van der Waals surface area contributed by atoms with Crippen LogP contribution < -0.4 is 19.4 Å². The van der Waals surface area contributed by atoms with Crippen LogP contribution in [0.3, 0.4) is 0 Å². The number of rotatable bonds is 11. The van der Waals surface area contributed by atoms with E-state index in [0.717, 1.165) is 52.5 Å². The number of nitrogens with zero attached hydrogens (tertiary/aromatic N) is 5. The number of anilines is 4. The number of ether oxygens (including phenoxy) is 1. The fraction of sp³-hybridized carbons (Fsp3) is 0.359. The van der Waals surface area contributed by atoms with Gasteiger partial charge in [0.25, 0.3) is 0 Å². The molecule has 6 nitrogen and oxygen atoms in total. The lowest BCUT2D eigenvalue weighted by Crippen LogP contribution is -2.56. The van der Waals surface area contributed by atoms with E-state index in [0.29, 0.717) is 29.6 Å². The van der Waals surface area contributed by atoms with Gasteiger partial charge in [0, 0.05) is 67.0 Å². The summed E-state index contributed by atoms with van der Waals surface area (Å²) in [5, 5.41) is 2.41. The fourth-order valence-corrected chi connectivity index (χ4v) is 14.1. The highest BCUT2D eigenvalue weighted by Gasteiger charge is 2.58. The van der Waals surface area contributed by atoms with Gasteiger partial charge < -0.3 is 19.4 Å². The number of hydrogen-bond donors (Lipinski definition) is 0. The maximum absolute atomic E-state index is 7.22. The van der Waals surface area contributed by atoms with Gasteiger partial charge in [0.2, 0.25) is 0 Å². The highest BCUT2D eigenvalue weighted by molar-refractivity contribution is 6.09. The molecule has 0 atom stereocenters. The molecule has 4 fully saturated rings. The van der Waals surface area contributed by atoms with Gasteiger partial charge in [-0.25, -0.2) is 4.98 Å². The van der Waals surface area contributed by atoms with Crippen molar-refractivity contribution in [1.82, 2.24) is 9.55 Å². The van der Waals surface area contributed by atoms with Gasteiger partial charge in [-0.1, -0.05) is 96.1 Å². The fourth-order valence-electron chi connectivity index (χ4n) is 14.1. The monoisotopic (exact) mass is 924 g/mol. The number of benzene rings is 6. The Balaban J connectivity index is 1.01. The zero-order chi connectivity index (χ0) is 48.2. The van der Waals surface area contributed by atoms with Crippen molar-refractivity contribution in [2.75, 3.05) is 42.5 Å². The Morgan fingerprint density at radius 2 is 1.26 bits per heavy atom. The van der Waals surface area contributed by atoms with Crippen LogP contribution in [0.5, 0.6) is 11.5 Å². The minimum Gasteiger partial charge on any atom is -0.457 e. The van der Waals surface area contributed by atoms with Gasteiger partial charge in [0.15, 0.2) is 0 Å². The van der Waals surface area contributed by atoms with Crippen LogP contribution in [-0.2, 0) is 5.41 Å². The Morgan fingerprint density at radius 3 is 1.93 bits per heavy atom. The van der Waals surface area contributed by atoms with Crippen molar-refractivity contribution >= 4 is 44.6 Å². The molecule has 8 aromatic rings.